The van der Waals surface area contributed by atoms with Crippen LogP contribution in [0.1, 0.15) is 17.3 Å². The second-order valence-electron chi connectivity index (χ2n) is 3.55. The number of esters is 1. The monoisotopic (exact) mass is 263 g/mol. The van der Waals surface area contributed by atoms with Gasteiger partial charge in [-0.05, 0) is 25.1 Å². The van der Waals surface area contributed by atoms with Crippen LogP contribution in [0.4, 0.5) is 18.9 Å². The molecule has 1 aromatic carbocycles. The van der Waals surface area contributed by atoms with Crippen molar-refractivity contribution in [1.82, 2.24) is 0 Å². The van der Waals surface area contributed by atoms with E-state index in [1.807, 2.05) is 0 Å². The first-order valence-electron chi connectivity index (χ1n) is 4.97. The predicted octanol–water partition coefficient (Wildman–Crippen LogP) is 2.39. The van der Waals surface area contributed by atoms with Gasteiger partial charge in [0.1, 0.15) is 11.3 Å². The van der Waals surface area contributed by atoms with Gasteiger partial charge in [0, 0.05) is 5.69 Å². The Morgan fingerprint density at radius 1 is 1.39 bits per heavy atom. The third kappa shape index (κ3) is 3.28. The molecular formula is C11H12F3NO3. The number of hydrogen-bond donors (Lipinski definition) is 1. The van der Waals surface area contributed by atoms with Gasteiger partial charge >= 0.3 is 12.1 Å². The van der Waals surface area contributed by atoms with Crippen LogP contribution in [-0.4, -0.2) is 25.4 Å². The first-order chi connectivity index (χ1) is 8.25. The molecule has 0 spiro atoms. The third-order valence-electron chi connectivity index (χ3n) is 2.17. The zero-order valence-electron chi connectivity index (χ0n) is 9.75. The van der Waals surface area contributed by atoms with Crippen molar-refractivity contribution in [2.75, 3.05) is 12.8 Å². The lowest BCUT2D eigenvalue weighted by Crippen LogP contribution is -2.31. The van der Waals surface area contributed by atoms with E-state index in [2.05, 4.69) is 4.74 Å². The largest absolute Gasteiger partial charge is 0.480 e. The van der Waals surface area contributed by atoms with Crippen molar-refractivity contribution in [3.8, 4) is 5.75 Å². The molecule has 1 unspecified atom stereocenters. The number of anilines is 1. The quantitative estimate of drug-likeness (QED) is 0.671. The van der Waals surface area contributed by atoms with Crippen LogP contribution in [0.25, 0.3) is 0 Å². The molecule has 0 fully saturated rings. The van der Waals surface area contributed by atoms with Crippen LogP contribution in [0.15, 0.2) is 18.2 Å². The highest BCUT2D eigenvalue weighted by Crippen LogP contribution is 2.28. The van der Waals surface area contributed by atoms with Crippen molar-refractivity contribution in [2.45, 2.75) is 19.2 Å². The zero-order valence-corrected chi connectivity index (χ0v) is 9.75. The van der Waals surface area contributed by atoms with E-state index < -0.39 is 18.2 Å². The van der Waals surface area contributed by atoms with Gasteiger partial charge in [0.05, 0.1) is 7.11 Å². The molecule has 0 aliphatic carbocycles. The van der Waals surface area contributed by atoms with Crippen molar-refractivity contribution in [3.63, 3.8) is 0 Å². The molecule has 7 heteroatoms. The summed E-state index contributed by atoms with van der Waals surface area (Å²) >= 11 is 0. The van der Waals surface area contributed by atoms with E-state index in [-0.39, 0.29) is 17.0 Å². The van der Waals surface area contributed by atoms with E-state index in [0.29, 0.717) is 0 Å². The molecule has 1 atom stereocenters. The number of alkyl halides is 3. The summed E-state index contributed by atoms with van der Waals surface area (Å²) in [7, 11) is 1.11. The normalized spacial score (nSPS) is 12.9. The highest BCUT2D eigenvalue weighted by molar-refractivity contribution is 5.93. The Morgan fingerprint density at radius 2 is 2.00 bits per heavy atom. The van der Waals surface area contributed by atoms with Crippen LogP contribution in [0.2, 0.25) is 0 Å². The number of nitrogens with two attached hydrogens (primary N) is 1. The third-order valence-corrected chi connectivity index (χ3v) is 2.17. The Labute approximate surface area is 101 Å². The molecule has 0 aliphatic heterocycles. The number of rotatable bonds is 3. The lowest BCUT2D eigenvalue weighted by Gasteiger charge is -2.19. The second-order valence-corrected chi connectivity index (χ2v) is 3.55. The molecule has 0 amide bonds. The zero-order chi connectivity index (χ0) is 13.9. The fourth-order valence-corrected chi connectivity index (χ4v) is 1.18. The number of ether oxygens (including phenoxy) is 2. The van der Waals surface area contributed by atoms with E-state index in [1.54, 1.807) is 0 Å². The van der Waals surface area contributed by atoms with E-state index >= 15 is 0 Å². The van der Waals surface area contributed by atoms with Crippen molar-refractivity contribution >= 4 is 11.7 Å². The molecule has 0 aromatic heterocycles. The first kappa shape index (κ1) is 14.1. The smallest absolute Gasteiger partial charge is 0.425 e. The lowest BCUT2D eigenvalue weighted by atomic mass is 10.2. The SMILES string of the molecule is COC(=O)c1cc(N)ccc1OC(C)C(F)(F)F. The maximum atomic E-state index is 12.4. The van der Waals surface area contributed by atoms with Crippen LogP contribution in [0.3, 0.4) is 0 Å². The molecule has 2 N–H and O–H groups in total. The number of carbonyl (C=O) groups is 1. The average molecular weight is 263 g/mol. The van der Waals surface area contributed by atoms with Crippen LogP contribution < -0.4 is 10.5 Å². The summed E-state index contributed by atoms with van der Waals surface area (Å²) in [6.07, 6.45) is -6.56. The highest BCUT2D eigenvalue weighted by Gasteiger charge is 2.38. The molecule has 0 heterocycles. The molecule has 0 aliphatic rings. The molecule has 100 valence electrons. The highest BCUT2D eigenvalue weighted by atomic mass is 19.4. The predicted molar refractivity (Wildman–Crippen MR) is 58.3 cm³/mol. The molecule has 1 aromatic rings. The molecule has 0 bridgehead atoms. The number of methoxy groups -OCH3 is 1. The van der Waals surface area contributed by atoms with Crippen molar-refractivity contribution in [3.05, 3.63) is 23.8 Å². The second kappa shape index (κ2) is 5.16. The van der Waals surface area contributed by atoms with Gasteiger partial charge in [0.15, 0.2) is 6.10 Å². The molecule has 0 radical (unpaired) electrons. The molecule has 0 saturated carbocycles. The minimum absolute atomic E-state index is 0.145. The van der Waals surface area contributed by atoms with Crippen molar-refractivity contribution < 1.29 is 27.4 Å². The Morgan fingerprint density at radius 3 is 2.50 bits per heavy atom. The fourth-order valence-electron chi connectivity index (χ4n) is 1.18. The summed E-state index contributed by atoms with van der Waals surface area (Å²) in [6, 6.07) is 3.74. The summed E-state index contributed by atoms with van der Waals surface area (Å²) in [4.78, 5) is 11.4. The van der Waals surface area contributed by atoms with Gasteiger partial charge in [-0.2, -0.15) is 13.2 Å². The minimum atomic E-state index is -4.52. The standard InChI is InChI=1S/C11H12F3NO3/c1-6(11(12,13)14)18-9-4-3-7(15)5-8(9)10(16)17-2/h3-6H,15H2,1-2H3. The van der Waals surface area contributed by atoms with E-state index in [1.165, 1.54) is 18.2 Å². The van der Waals surface area contributed by atoms with E-state index in [4.69, 9.17) is 10.5 Å². The fraction of sp³-hybridized carbons (Fsp3) is 0.364. The number of hydrogen-bond acceptors (Lipinski definition) is 4. The molecule has 18 heavy (non-hydrogen) atoms. The number of halogens is 3. The van der Waals surface area contributed by atoms with Crippen molar-refractivity contribution in [1.29, 1.82) is 0 Å². The van der Waals surface area contributed by atoms with E-state index in [0.717, 1.165) is 14.0 Å². The summed E-state index contributed by atoms with van der Waals surface area (Å²) in [6.45, 7) is 0.845. The van der Waals surface area contributed by atoms with Gasteiger partial charge in [-0.15, -0.1) is 0 Å². The topological polar surface area (TPSA) is 61.5 Å². The van der Waals surface area contributed by atoms with Gasteiger partial charge < -0.3 is 15.2 Å². The van der Waals surface area contributed by atoms with Crippen molar-refractivity contribution in [2.24, 2.45) is 0 Å². The van der Waals surface area contributed by atoms with E-state index in [9.17, 15) is 18.0 Å². The Kier molecular flexibility index (Phi) is 4.05. The maximum absolute atomic E-state index is 12.4. The lowest BCUT2D eigenvalue weighted by molar-refractivity contribution is -0.189. The van der Waals surface area contributed by atoms with Gasteiger partial charge in [-0.25, -0.2) is 4.79 Å². The number of carbonyl (C=O) groups excluding carboxylic acids is 1. The van der Waals surface area contributed by atoms with Crippen LogP contribution in [0.5, 0.6) is 5.75 Å². The van der Waals surface area contributed by atoms with Crippen LogP contribution >= 0.6 is 0 Å². The summed E-state index contributed by atoms with van der Waals surface area (Å²) in [5.41, 5.74) is 5.53. The number of nitrogen functional groups attached to an aromatic ring is 1. The summed E-state index contributed by atoms with van der Waals surface area (Å²) in [5, 5.41) is 0. The first-order valence-corrected chi connectivity index (χ1v) is 4.97. The Balaban J connectivity index is 3.05. The van der Waals surface area contributed by atoms with Gasteiger partial charge in [-0.1, -0.05) is 0 Å². The van der Waals surface area contributed by atoms with Gasteiger partial charge in [0.2, 0.25) is 0 Å². The molecule has 0 saturated heterocycles. The average Bonchev–Trinajstić information content (AvgIpc) is 2.29. The summed E-state index contributed by atoms with van der Waals surface area (Å²) < 4.78 is 46.2. The molecule has 4 nitrogen and oxygen atoms in total. The van der Waals surface area contributed by atoms with Crippen LogP contribution in [0, 0.1) is 0 Å². The van der Waals surface area contributed by atoms with Gasteiger partial charge in [0.25, 0.3) is 0 Å². The maximum Gasteiger partial charge on any atom is 0.425 e. The number of benzene rings is 1. The summed E-state index contributed by atoms with van der Waals surface area (Å²) in [5.74, 6) is -1.03. The van der Waals surface area contributed by atoms with Crippen LogP contribution in [-0.2, 0) is 4.74 Å². The Bertz CT molecular complexity index is 446. The van der Waals surface area contributed by atoms with Gasteiger partial charge in [-0.3, -0.25) is 0 Å². The molecule has 1 rings (SSSR count). The minimum Gasteiger partial charge on any atom is -0.480 e. The molecular weight excluding hydrogens is 251 g/mol. The Hall–Kier alpha value is -1.92.